The number of carbonyl (C=O) groups is 2. The van der Waals surface area contributed by atoms with Crippen LogP contribution in [0.3, 0.4) is 0 Å². The van der Waals surface area contributed by atoms with Gasteiger partial charge in [0.05, 0.1) is 24.9 Å². The smallest absolute Gasteiger partial charge is 0.255 e. The van der Waals surface area contributed by atoms with Crippen molar-refractivity contribution < 1.29 is 27.5 Å². The van der Waals surface area contributed by atoms with Crippen molar-refractivity contribution in [1.29, 1.82) is 0 Å². The van der Waals surface area contributed by atoms with E-state index in [2.05, 4.69) is 20.6 Å². The van der Waals surface area contributed by atoms with Gasteiger partial charge in [-0.25, -0.2) is 17.9 Å². The monoisotopic (exact) mass is 493 g/mol. The molecule has 0 saturated heterocycles. The van der Waals surface area contributed by atoms with Crippen LogP contribution in [0.5, 0.6) is 5.75 Å². The van der Waals surface area contributed by atoms with E-state index in [9.17, 15) is 22.8 Å². The summed E-state index contributed by atoms with van der Waals surface area (Å²) in [7, 11) is 0. The average Bonchev–Trinajstić information content (AvgIpc) is 3.22. The lowest BCUT2D eigenvalue weighted by Gasteiger charge is -2.34. The molecule has 13 heteroatoms. The number of amides is 1. The van der Waals surface area contributed by atoms with Crippen LogP contribution in [0.25, 0.3) is 0 Å². The van der Waals surface area contributed by atoms with Crippen molar-refractivity contribution in [2.24, 2.45) is 11.5 Å². The summed E-state index contributed by atoms with van der Waals surface area (Å²) in [6, 6.07) is 3.05. The highest BCUT2D eigenvalue weighted by Crippen LogP contribution is 2.39. The number of aldehydes is 1. The molecule has 188 valence electrons. The highest BCUT2D eigenvalue weighted by molar-refractivity contribution is 5.79. The van der Waals surface area contributed by atoms with Crippen LogP contribution in [0.1, 0.15) is 41.9 Å². The van der Waals surface area contributed by atoms with Crippen molar-refractivity contribution in [3.05, 3.63) is 59.6 Å². The molecule has 1 fully saturated rings. The fourth-order valence-electron chi connectivity index (χ4n) is 3.27. The molecule has 1 unspecified atom stereocenters. The molecule has 5 N–H and O–H groups in total. The summed E-state index contributed by atoms with van der Waals surface area (Å²) in [6.45, 7) is -0.0600. The summed E-state index contributed by atoms with van der Waals surface area (Å²) in [4.78, 5) is 26.9. The lowest BCUT2D eigenvalue weighted by molar-refractivity contribution is -0.134. The van der Waals surface area contributed by atoms with Gasteiger partial charge < -0.3 is 21.5 Å². The minimum absolute atomic E-state index is 0.0304. The maximum absolute atomic E-state index is 14.1. The molecular formula is C22H26F3N7O3. The number of aromatic nitrogens is 4. The lowest BCUT2D eigenvalue weighted by atomic mass is 9.91. The van der Waals surface area contributed by atoms with Crippen molar-refractivity contribution in [1.82, 2.24) is 25.3 Å². The van der Waals surface area contributed by atoms with Gasteiger partial charge >= 0.3 is 0 Å². The van der Waals surface area contributed by atoms with Crippen LogP contribution in [-0.4, -0.2) is 50.4 Å². The molecule has 10 nitrogen and oxygen atoms in total. The molecule has 2 aromatic heterocycles. The Morgan fingerprint density at radius 1 is 1.34 bits per heavy atom. The normalized spacial score (nSPS) is 16.9. The number of hydrogen-bond donors (Lipinski definition) is 3. The first kappa shape index (κ1) is 25.7. The molecule has 2 heterocycles. The Labute approximate surface area is 199 Å². The number of hydrogen-bond acceptors (Lipinski definition) is 8. The molecule has 1 saturated carbocycles. The van der Waals surface area contributed by atoms with E-state index in [4.69, 9.17) is 16.2 Å². The molecule has 2 aromatic rings. The number of pyridine rings is 1. The zero-order valence-electron chi connectivity index (χ0n) is 18.7. The molecule has 0 radical (unpaired) electrons. The number of halogens is 3. The van der Waals surface area contributed by atoms with E-state index < -0.39 is 24.1 Å². The van der Waals surface area contributed by atoms with Gasteiger partial charge in [0.1, 0.15) is 29.5 Å². The number of allylic oxidation sites excluding steroid dienone is 3. The fourth-order valence-corrected chi connectivity index (χ4v) is 3.27. The molecule has 35 heavy (non-hydrogen) atoms. The predicted molar refractivity (Wildman–Crippen MR) is 119 cm³/mol. The van der Waals surface area contributed by atoms with Crippen LogP contribution in [0.4, 0.5) is 13.2 Å². The molecule has 1 aliphatic carbocycles. The van der Waals surface area contributed by atoms with Crippen LogP contribution in [0.2, 0.25) is 0 Å². The number of rotatable bonds is 12. The maximum atomic E-state index is 14.1. The summed E-state index contributed by atoms with van der Waals surface area (Å²) in [5, 5.41) is 9.68. The lowest BCUT2D eigenvalue weighted by Crippen LogP contribution is -2.43. The summed E-state index contributed by atoms with van der Waals surface area (Å²) in [5.74, 6) is -2.74. The van der Waals surface area contributed by atoms with Crippen molar-refractivity contribution in [2.75, 3.05) is 0 Å². The second-order valence-corrected chi connectivity index (χ2v) is 8.19. The van der Waals surface area contributed by atoms with Gasteiger partial charge in [-0.3, -0.25) is 14.6 Å². The van der Waals surface area contributed by atoms with Gasteiger partial charge in [-0.05, 0) is 31.1 Å². The van der Waals surface area contributed by atoms with E-state index in [0.29, 0.717) is 23.4 Å². The second-order valence-electron chi connectivity index (χ2n) is 8.19. The molecule has 0 spiro atoms. The zero-order chi connectivity index (χ0) is 25.4. The first-order valence-corrected chi connectivity index (χ1v) is 10.8. The Morgan fingerprint density at radius 3 is 2.80 bits per heavy atom. The zero-order valence-corrected chi connectivity index (χ0v) is 18.7. The fraction of sp³-hybridized carbons (Fsp3) is 0.409. The number of alkyl halides is 3. The molecule has 3 rings (SSSR count). The van der Waals surface area contributed by atoms with Crippen LogP contribution in [-0.2, 0) is 17.8 Å². The van der Waals surface area contributed by atoms with Gasteiger partial charge in [0.25, 0.3) is 5.92 Å². The van der Waals surface area contributed by atoms with Crippen molar-refractivity contribution in [3.63, 3.8) is 0 Å². The minimum atomic E-state index is -2.68. The predicted octanol–water partition coefficient (Wildman–Crippen LogP) is 1.78. The highest BCUT2D eigenvalue weighted by Gasteiger charge is 2.47. The second kappa shape index (κ2) is 11.5. The quantitative estimate of drug-likeness (QED) is 0.299. The third kappa shape index (κ3) is 8.43. The van der Waals surface area contributed by atoms with E-state index in [1.165, 1.54) is 41.4 Å². The molecule has 0 bridgehead atoms. The van der Waals surface area contributed by atoms with Gasteiger partial charge in [-0.15, -0.1) is 5.10 Å². The first-order chi connectivity index (χ1) is 16.6. The largest absolute Gasteiger partial charge is 0.490 e. The summed E-state index contributed by atoms with van der Waals surface area (Å²) >= 11 is 0. The highest BCUT2D eigenvalue weighted by atomic mass is 19.3. The Bertz CT molecular complexity index is 1100. The Kier molecular flexibility index (Phi) is 8.44. The van der Waals surface area contributed by atoms with E-state index >= 15 is 0 Å². The Morgan fingerprint density at radius 2 is 2.11 bits per heavy atom. The third-order valence-electron chi connectivity index (χ3n) is 5.05. The topological polar surface area (TPSA) is 151 Å². The number of carbonyl (C=O) groups excluding carboxylic acids is 2. The number of ether oxygens (including phenoxy) is 1. The molecule has 1 atom stereocenters. The van der Waals surface area contributed by atoms with Crippen LogP contribution in [0.15, 0.2) is 48.2 Å². The van der Waals surface area contributed by atoms with Gasteiger partial charge in [-0.2, -0.15) is 0 Å². The number of nitrogens with zero attached hydrogens (tertiary/aromatic N) is 4. The minimum Gasteiger partial charge on any atom is -0.490 e. The average molecular weight is 493 g/mol. The first-order valence-electron chi connectivity index (χ1n) is 10.8. The molecule has 1 amide bonds. The summed E-state index contributed by atoms with van der Waals surface area (Å²) < 4.78 is 46.7. The SMILES string of the molecule is N/C(=C\C=C(/N)NC(=O)Cc1cc(OC2CC(F)(F)C2)ccn1)CCC(F)Cn1cc(C=O)nn1. The summed E-state index contributed by atoms with van der Waals surface area (Å²) in [6.07, 6.45) is 3.91. The van der Waals surface area contributed by atoms with Gasteiger partial charge in [0, 0.05) is 30.8 Å². The van der Waals surface area contributed by atoms with E-state index in [0.717, 1.165) is 0 Å². The standard InChI is InChI=1S/C22H26F3N7O3/c23-14(11-32-12-17(13-33)30-31-32)1-2-15(26)3-4-20(27)29-21(34)8-16-7-18(5-6-28-16)35-19-9-22(24,25)10-19/h3-7,12-14,19H,1-2,8-11,26-27H2,(H,29,34)/b15-3-,20-4+. The van der Waals surface area contributed by atoms with Gasteiger partial charge in [-0.1, -0.05) is 5.21 Å². The number of nitrogens with two attached hydrogens (primary N) is 2. The number of nitrogens with one attached hydrogen (secondary N) is 1. The van der Waals surface area contributed by atoms with Gasteiger partial charge in [0.2, 0.25) is 5.91 Å². The Hall–Kier alpha value is -3.90. The van der Waals surface area contributed by atoms with Crippen LogP contribution < -0.4 is 21.5 Å². The van der Waals surface area contributed by atoms with Crippen molar-refractivity contribution in [3.8, 4) is 5.75 Å². The van der Waals surface area contributed by atoms with Crippen LogP contribution >= 0.6 is 0 Å². The van der Waals surface area contributed by atoms with Crippen molar-refractivity contribution in [2.45, 2.75) is 56.8 Å². The van der Waals surface area contributed by atoms with E-state index in [-0.39, 0.29) is 50.2 Å². The molecule has 1 aliphatic rings. The van der Waals surface area contributed by atoms with Crippen molar-refractivity contribution >= 4 is 12.2 Å². The molecule has 0 aromatic carbocycles. The molecule has 0 aliphatic heterocycles. The van der Waals surface area contributed by atoms with Crippen LogP contribution in [0, 0.1) is 0 Å². The van der Waals surface area contributed by atoms with E-state index in [1.54, 1.807) is 0 Å². The summed E-state index contributed by atoms with van der Waals surface area (Å²) in [5.41, 5.74) is 12.5. The van der Waals surface area contributed by atoms with Gasteiger partial charge in [0.15, 0.2) is 6.29 Å². The molecular weight excluding hydrogens is 467 g/mol. The third-order valence-corrected chi connectivity index (χ3v) is 5.05. The Balaban J connectivity index is 1.41. The maximum Gasteiger partial charge on any atom is 0.255 e. The van der Waals surface area contributed by atoms with E-state index in [1.807, 2.05) is 0 Å².